The fraction of sp³-hybridized carbons (Fsp3) is 0.625. The summed E-state index contributed by atoms with van der Waals surface area (Å²) in [5.41, 5.74) is -1.60. The molecule has 7 heteroatoms. The van der Waals surface area contributed by atoms with Crippen molar-refractivity contribution in [3.8, 4) is 0 Å². The Morgan fingerprint density at radius 2 is 1.73 bits per heavy atom. The first kappa shape index (κ1) is 14.0. The van der Waals surface area contributed by atoms with E-state index in [1.54, 1.807) is 0 Å². The highest BCUT2D eigenvalue weighted by molar-refractivity contribution is 7.59. The molecular weight excluding hydrogens is 223 g/mol. The third kappa shape index (κ3) is 6.99. The third-order valence-corrected chi connectivity index (χ3v) is 2.82. The van der Waals surface area contributed by atoms with Crippen molar-refractivity contribution in [3.05, 3.63) is 0 Å². The van der Waals surface area contributed by atoms with Crippen molar-refractivity contribution in [2.45, 2.75) is 31.5 Å². The summed E-state index contributed by atoms with van der Waals surface area (Å²) < 4.78 is 0. The van der Waals surface area contributed by atoms with Crippen molar-refractivity contribution < 1.29 is 29.7 Å². The number of carbonyl (C=O) groups excluding carboxylic acids is 1. The Balaban J connectivity index is 4.22. The average Bonchev–Trinajstić information content (AvgIpc) is 1.99. The summed E-state index contributed by atoms with van der Waals surface area (Å²) in [6.07, 6.45) is -1.54. The topological polar surface area (TPSA) is 112 Å². The molecule has 0 rings (SSSR count). The molecule has 0 radical (unpaired) electrons. The lowest BCUT2D eigenvalue weighted by Gasteiger charge is -2.09. The molecule has 0 aromatic carbocycles. The van der Waals surface area contributed by atoms with E-state index in [2.05, 4.69) is 0 Å². The van der Waals surface area contributed by atoms with Gasteiger partial charge in [0.2, 0.25) is 0 Å². The zero-order valence-corrected chi connectivity index (χ0v) is 9.14. The van der Waals surface area contributed by atoms with Crippen molar-refractivity contribution in [1.82, 2.24) is 0 Å². The van der Waals surface area contributed by atoms with Crippen molar-refractivity contribution in [2.24, 2.45) is 0 Å². The Labute approximate surface area is 88.1 Å². The molecule has 0 saturated heterocycles. The van der Waals surface area contributed by atoms with E-state index >= 15 is 0 Å². The number of aliphatic hydroxyl groups is 1. The molecule has 0 aliphatic rings. The molecule has 0 aliphatic carbocycles. The molecule has 0 fully saturated rings. The summed E-state index contributed by atoms with van der Waals surface area (Å²) in [5, 5.41) is 25.9. The molecule has 0 aromatic rings. The maximum absolute atomic E-state index is 11.1. The van der Waals surface area contributed by atoms with E-state index in [0.29, 0.717) is 0 Å². The zero-order chi connectivity index (χ0) is 12.0. The molecule has 3 atom stereocenters. The molecule has 0 saturated carbocycles. The van der Waals surface area contributed by atoms with E-state index in [0.717, 1.165) is 0 Å². The van der Waals surface area contributed by atoms with Gasteiger partial charge in [0.05, 0.1) is 18.2 Å². The monoisotopic (exact) mass is 236 g/mol. The summed E-state index contributed by atoms with van der Waals surface area (Å²) in [6.45, 7) is 1.41. The summed E-state index contributed by atoms with van der Waals surface area (Å²) in [4.78, 5) is 32.0. The van der Waals surface area contributed by atoms with Crippen molar-refractivity contribution >= 4 is 26.0 Å². The van der Waals surface area contributed by atoms with Gasteiger partial charge in [0.1, 0.15) is 0 Å². The van der Waals surface area contributed by atoms with Gasteiger partial charge in [-0.3, -0.25) is 14.4 Å². The van der Waals surface area contributed by atoms with Crippen LogP contribution in [0.2, 0.25) is 0 Å². The van der Waals surface area contributed by atoms with Crippen molar-refractivity contribution in [1.29, 1.82) is 0 Å². The first-order valence-corrected chi connectivity index (χ1v) is 5.32. The van der Waals surface area contributed by atoms with Gasteiger partial charge in [-0.2, -0.15) is 0 Å². The van der Waals surface area contributed by atoms with Gasteiger partial charge < -0.3 is 15.3 Å². The number of carboxylic acids is 2. The van der Waals surface area contributed by atoms with Crippen LogP contribution in [0.1, 0.15) is 19.8 Å². The molecule has 0 amide bonds. The highest BCUT2D eigenvalue weighted by atomic mass is 31.1. The van der Waals surface area contributed by atoms with E-state index in [4.69, 9.17) is 15.3 Å². The van der Waals surface area contributed by atoms with Crippen molar-refractivity contribution in [3.63, 3.8) is 0 Å². The van der Waals surface area contributed by atoms with Crippen LogP contribution in [0.3, 0.4) is 0 Å². The minimum absolute atomic E-state index is 0.137. The predicted molar refractivity (Wildman–Crippen MR) is 53.3 cm³/mol. The SMILES string of the molecule is CC(O)CC(=O)PC(CC(=O)O)C(=O)O. The van der Waals surface area contributed by atoms with E-state index in [9.17, 15) is 14.4 Å². The second-order valence-electron chi connectivity index (χ2n) is 3.11. The molecule has 0 heterocycles. The minimum atomic E-state index is -1.30. The Morgan fingerprint density at radius 1 is 1.20 bits per heavy atom. The largest absolute Gasteiger partial charge is 0.481 e. The quantitative estimate of drug-likeness (QED) is 0.532. The summed E-state index contributed by atoms with van der Waals surface area (Å²) in [6, 6.07) is 0. The molecular formula is C8H13O6P. The highest BCUT2D eigenvalue weighted by Crippen LogP contribution is 2.25. The van der Waals surface area contributed by atoms with Crippen LogP contribution in [0.5, 0.6) is 0 Å². The van der Waals surface area contributed by atoms with Crippen LogP contribution < -0.4 is 0 Å². The maximum Gasteiger partial charge on any atom is 0.311 e. The van der Waals surface area contributed by atoms with Crippen LogP contribution in [0.4, 0.5) is 0 Å². The Bertz CT molecular complexity index is 262. The first-order chi connectivity index (χ1) is 6.82. The average molecular weight is 236 g/mol. The van der Waals surface area contributed by atoms with E-state index in [1.807, 2.05) is 0 Å². The number of carbonyl (C=O) groups is 3. The van der Waals surface area contributed by atoms with Crippen molar-refractivity contribution in [2.75, 3.05) is 0 Å². The van der Waals surface area contributed by atoms with Gasteiger partial charge in [-0.05, 0) is 15.5 Å². The van der Waals surface area contributed by atoms with Gasteiger partial charge in [-0.1, -0.05) is 0 Å². The lowest BCUT2D eigenvalue weighted by atomic mass is 10.3. The number of aliphatic carboxylic acids is 2. The van der Waals surface area contributed by atoms with Crippen LogP contribution >= 0.6 is 8.58 Å². The van der Waals surface area contributed by atoms with Gasteiger partial charge in [-0.15, -0.1) is 0 Å². The highest BCUT2D eigenvalue weighted by Gasteiger charge is 2.24. The van der Waals surface area contributed by atoms with Gasteiger partial charge in [0.15, 0.2) is 5.52 Å². The number of carboxylic acid groups (broad SMARTS) is 2. The second kappa shape index (κ2) is 6.48. The third-order valence-electron chi connectivity index (χ3n) is 1.49. The Morgan fingerprint density at radius 3 is 2.07 bits per heavy atom. The summed E-state index contributed by atoms with van der Waals surface area (Å²) in [5.74, 6) is -2.55. The van der Waals surface area contributed by atoms with Gasteiger partial charge >= 0.3 is 11.9 Å². The normalized spacial score (nSPS) is 15.1. The van der Waals surface area contributed by atoms with Gasteiger partial charge in [-0.25, -0.2) is 0 Å². The molecule has 0 aromatic heterocycles. The molecule has 0 aliphatic heterocycles. The predicted octanol–water partition coefficient (Wildman–Crippen LogP) is -0.110. The number of rotatable bonds is 7. The van der Waals surface area contributed by atoms with Gasteiger partial charge in [0, 0.05) is 6.42 Å². The zero-order valence-electron chi connectivity index (χ0n) is 8.14. The number of hydrogen-bond donors (Lipinski definition) is 3. The van der Waals surface area contributed by atoms with Crippen LogP contribution in [-0.4, -0.2) is 44.5 Å². The lowest BCUT2D eigenvalue weighted by molar-refractivity contribution is -0.143. The minimum Gasteiger partial charge on any atom is -0.481 e. The second-order valence-corrected chi connectivity index (χ2v) is 4.65. The molecule has 86 valence electrons. The van der Waals surface area contributed by atoms with Crippen LogP contribution in [0, 0.1) is 0 Å². The van der Waals surface area contributed by atoms with Crippen LogP contribution in [0.25, 0.3) is 0 Å². The Hall–Kier alpha value is -1.00. The maximum atomic E-state index is 11.1. The molecule has 3 unspecified atom stereocenters. The Kier molecular flexibility index (Phi) is 6.05. The smallest absolute Gasteiger partial charge is 0.311 e. The molecule has 0 bridgehead atoms. The molecule has 0 spiro atoms. The molecule has 6 nitrogen and oxygen atoms in total. The molecule has 15 heavy (non-hydrogen) atoms. The van der Waals surface area contributed by atoms with Crippen LogP contribution in [-0.2, 0) is 14.4 Å². The fourth-order valence-electron chi connectivity index (χ4n) is 0.896. The first-order valence-electron chi connectivity index (χ1n) is 4.25. The van der Waals surface area contributed by atoms with E-state index < -0.39 is 44.2 Å². The van der Waals surface area contributed by atoms with Gasteiger partial charge in [0.25, 0.3) is 0 Å². The summed E-state index contributed by atoms with van der Waals surface area (Å²) >= 11 is 0. The van der Waals surface area contributed by atoms with E-state index in [1.165, 1.54) is 6.92 Å². The number of hydrogen-bond acceptors (Lipinski definition) is 4. The summed E-state index contributed by atoms with van der Waals surface area (Å²) in [7, 11) is -0.616. The number of aliphatic hydroxyl groups excluding tert-OH is 1. The standard InChI is InChI=1S/C8H13O6P/c1-4(9)2-7(12)15-5(8(13)14)3-6(10)11/h4-5,9,15H,2-3H2,1H3,(H,10,11)(H,13,14). The fourth-order valence-corrected chi connectivity index (χ4v) is 2.10. The van der Waals surface area contributed by atoms with Crippen LogP contribution in [0.15, 0.2) is 0 Å². The van der Waals surface area contributed by atoms with E-state index in [-0.39, 0.29) is 6.42 Å². The lowest BCUT2D eigenvalue weighted by Crippen LogP contribution is -2.21. The molecule has 3 N–H and O–H groups in total.